The monoisotopic (exact) mass is 499 g/mol. The number of ether oxygens (including phenoxy) is 2. The summed E-state index contributed by atoms with van der Waals surface area (Å²) in [6.45, 7) is 0.166. The van der Waals surface area contributed by atoms with Crippen LogP contribution >= 0.6 is 46.0 Å². The highest BCUT2D eigenvalue weighted by Gasteiger charge is 2.35. The van der Waals surface area contributed by atoms with Gasteiger partial charge >= 0.3 is 0 Å². The molecule has 4 nitrogen and oxygen atoms in total. The Hall–Kier alpha value is -1.56. The topological polar surface area (TPSA) is 38.8 Å². The molecule has 0 aliphatic carbocycles. The summed E-state index contributed by atoms with van der Waals surface area (Å²) in [6.07, 6.45) is 5.28. The summed E-state index contributed by atoms with van der Waals surface area (Å²) in [5.41, 5.74) is 1.78. The van der Waals surface area contributed by atoms with Crippen LogP contribution in [0.15, 0.2) is 36.4 Å². The minimum absolute atomic E-state index is 0.0592. The van der Waals surface area contributed by atoms with Gasteiger partial charge in [0, 0.05) is 10.7 Å². The van der Waals surface area contributed by atoms with Crippen molar-refractivity contribution >= 4 is 57.5 Å². The first-order valence-electron chi connectivity index (χ1n) is 7.68. The third kappa shape index (κ3) is 3.90. The first-order chi connectivity index (χ1) is 12.5. The van der Waals surface area contributed by atoms with Crippen molar-refractivity contribution in [1.82, 2.24) is 0 Å². The minimum atomic E-state index is -0.146. The average Bonchev–Trinajstić information content (AvgIpc) is 3.02. The van der Waals surface area contributed by atoms with E-state index in [1.807, 2.05) is 24.3 Å². The van der Waals surface area contributed by atoms with Crippen molar-refractivity contribution in [2.24, 2.45) is 0 Å². The number of carbonyl (C=O) groups is 1. The lowest BCUT2D eigenvalue weighted by molar-refractivity contribution is -0.115. The van der Waals surface area contributed by atoms with Gasteiger partial charge in [0.15, 0.2) is 11.5 Å². The summed E-state index contributed by atoms with van der Waals surface area (Å²) >= 11 is 9.74. The lowest BCUT2D eigenvalue weighted by Gasteiger charge is -2.25. The van der Waals surface area contributed by atoms with Crippen LogP contribution in [0.2, 0.25) is 5.02 Å². The Labute approximate surface area is 175 Å². The van der Waals surface area contributed by atoms with E-state index in [-0.39, 0.29) is 17.9 Å². The van der Waals surface area contributed by atoms with Crippen LogP contribution in [-0.4, -0.2) is 25.4 Å². The maximum Gasteiger partial charge on any atom is 0.238 e. The van der Waals surface area contributed by atoms with Crippen LogP contribution in [0.1, 0.15) is 10.9 Å². The fourth-order valence-corrected chi connectivity index (χ4v) is 4.75. The molecule has 1 saturated heterocycles. The number of hydrogen-bond acceptors (Lipinski definition) is 4. The molecular formula is C19H15ClINO3S. The molecule has 0 spiro atoms. The molecule has 1 amide bonds. The zero-order valence-electron chi connectivity index (χ0n) is 13.9. The number of hydrogen-bond donors (Lipinski definition) is 0. The molecule has 1 atom stereocenters. The van der Waals surface area contributed by atoms with Crippen molar-refractivity contribution in [3.05, 3.63) is 50.6 Å². The molecule has 0 unspecified atom stereocenters. The van der Waals surface area contributed by atoms with Gasteiger partial charge in [0.1, 0.15) is 12.0 Å². The summed E-state index contributed by atoms with van der Waals surface area (Å²) in [4.78, 5) is 14.3. The fraction of sp³-hybridized carbons (Fsp3) is 0.211. The summed E-state index contributed by atoms with van der Waals surface area (Å²) in [5.74, 6) is 4.14. The maximum absolute atomic E-state index is 12.5. The third-order valence-electron chi connectivity index (χ3n) is 3.81. The lowest BCUT2D eigenvalue weighted by Crippen LogP contribution is -2.27. The number of methoxy groups -OCH3 is 1. The van der Waals surface area contributed by atoms with Gasteiger partial charge in [-0.2, -0.15) is 0 Å². The summed E-state index contributed by atoms with van der Waals surface area (Å²) in [6, 6.07) is 11.2. The van der Waals surface area contributed by atoms with E-state index in [0.717, 1.165) is 14.8 Å². The van der Waals surface area contributed by atoms with Gasteiger partial charge in [-0.3, -0.25) is 9.69 Å². The number of amides is 1. The predicted octanol–water partition coefficient (Wildman–Crippen LogP) is 4.74. The number of nitrogens with zero attached hydrogens (tertiary/aromatic N) is 1. The zero-order chi connectivity index (χ0) is 18.7. The van der Waals surface area contributed by atoms with Crippen molar-refractivity contribution in [3.63, 3.8) is 0 Å². The summed E-state index contributed by atoms with van der Waals surface area (Å²) < 4.78 is 12.0. The average molecular weight is 500 g/mol. The highest BCUT2D eigenvalue weighted by atomic mass is 127. The van der Waals surface area contributed by atoms with Crippen LogP contribution in [-0.2, 0) is 4.79 Å². The highest BCUT2D eigenvalue weighted by Crippen LogP contribution is 2.45. The van der Waals surface area contributed by atoms with Gasteiger partial charge in [0.05, 0.1) is 16.4 Å². The second-order valence-electron chi connectivity index (χ2n) is 5.43. The van der Waals surface area contributed by atoms with Crippen LogP contribution in [0.4, 0.5) is 5.69 Å². The molecule has 0 bridgehead atoms. The van der Waals surface area contributed by atoms with Crippen molar-refractivity contribution in [3.8, 4) is 23.8 Å². The minimum Gasteiger partial charge on any atom is -0.493 e. The lowest BCUT2D eigenvalue weighted by atomic mass is 10.1. The molecule has 26 heavy (non-hydrogen) atoms. The molecule has 0 N–H and O–H groups in total. The molecule has 1 aliphatic rings. The standard InChI is InChI=1S/C19H15ClINO3S/c1-3-8-25-18-15(21)9-12(10-16(18)24-2)19-22(17(23)11-26-19)14-6-4-13(20)5-7-14/h1,4-7,9-10,19H,8,11H2,2H3/t19-/m0/s1. The second kappa shape index (κ2) is 8.42. The molecule has 1 aliphatic heterocycles. The highest BCUT2D eigenvalue weighted by molar-refractivity contribution is 14.1. The molecular weight excluding hydrogens is 485 g/mol. The Kier molecular flexibility index (Phi) is 6.22. The van der Waals surface area contributed by atoms with Crippen LogP contribution < -0.4 is 14.4 Å². The Bertz CT molecular complexity index is 866. The predicted molar refractivity (Wildman–Crippen MR) is 114 cm³/mol. The molecule has 1 heterocycles. The molecule has 134 valence electrons. The van der Waals surface area contributed by atoms with Crippen molar-refractivity contribution < 1.29 is 14.3 Å². The van der Waals surface area contributed by atoms with Gasteiger partial charge in [-0.1, -0.05) is 17.5 Å². The van der Waals surface area contributed by atoms with E-state index in [2.05, 4.69) is 28.5 Å². The van der Waals surface area contributed by atoms with E-state index < -0.39 is 0 Å². The fourth-order valence-electron chi connectivity index (χ4n) is 2.69. The van der Waals surface area contributed by atoms with Crippen LogP contribution in [0, 0.1) is 15.9 Å². The van der Waals surface area contributed by atoms with Crippen LogP contribution in [0.3, 0.4) is 0 Å². The third-order valence-corrected chi connectivity index (χ3v) is 6.08. The second-order valence-corrected chi connectivity index (χ2v) is 8.10. The van der Waals surface area contributed by atoms with Gasteiger partial charge in [0.25, 0.3) is 0 Å². The van der Waals surface area contributed by atoms with Gasteiger partial charge in [-0.05, 0) is 64.6 Å². The number of halogens is 2. The molecule has 2 aromatic carbocycles. The number of terminal acetylenes is 1. The molecule has 0 saturated carbocycles. The van der Waals surface area contributed by atoms with Gasteiger partial charge in [-0.15, -0.1) is 18.2 Å². The van der Waals surface area contributed by atoms with Gasteiger partial charge < -0.3 is 9.47 Å². The van der Waals surface area contributed by atoms with E-state index in [1.54, 1.807) is 35.9 Å². The van der Waals surface area contributed by atoms with E-state index >= 15 is 0 Å². The van der Waals surface area contributed by atoms with Gasteiger partial charge in [-0.25, -0.2) is 0 Å². The molecule has 1 fully saturated rings. The number of carbonyl (C=O) groups excluding carboxylic acids is 1. The number of anilines is 1. The molecule has 0 aromatic heterocycles. The van der Waals surface area contributed by atoms with Crippen molar-refractivity contribution in [1.29, 1.82) is 0 Å². The van der Waals surface area contributed by atoms with E-state index in [9.17, 15) is 4.79 Å². The first kappa shape index (κ1) is 19.2. The van der Waals surface area contributed by atoms with Crippen LogP contribution in [0.5, 0.6) is 11.5 Å². The first-order valence-corrected chi connectivity index (χ1v) is 10.2. The number of benzene rings is 2. The van der Waals surface area contributed by atoms with E-state index in [0.29, 0.717) is 22.3 Å². The summed E-state index contributed by atoms with van der Waals surface area (Å²) in [5, 5.41) is 0.489. The van der Waals surface area contributed by atoms with E-state index in [1.165, 1.54) is 0 Å². The smallest absolute Gasteiger partial charge is 0.238 e. The zero-order valence-corrected chi connectivity index (χ0v) is 17.6. The number of thioether (sulfide) groups is 1. The normalized spacial score (nSPS) is 16.5. The Balaban J connectivity index is 1.99. The Morgan fingerprint density at radius 2 is 2.12 bits per heavy atom. The summed E-state index contributed by atoms with van der Waals surface area (Å²) in [7, 11) is 1.59. The quantitative estimate of drug-likeness (QED) is 0.440. The molecule has 3 rings (SSSR count). The molecule has 7 heteroatoms. The Morgan fingerprint density at radius 1 is 1.38 bits per heavy atom. The van der Waals surface area contributed by atoms with Gasteiger partial charge in [0.2, 0.25) is 5.91 Å². The van der Waals surface area contributed by atoms with E-state index in [4.69, 9.17) is 27.5 Å². The number of rotatable bonds is 5. The van der Waals surface area contributed by atoms with Crippen LogP contribution in [0.25, 0.3) is 0 Å². The Morgan fingerprint density at radius 3 is 2.77 bits per heavy atom. The molecule has 2 aromatic rings. The SMILES string of the molecule is C#CCOc1c(I)cc([C@@H]2SCC(=O)N2c2ccc(Cl)cc2)cc1OC. The van der Waals surface area contributed by atoms with Crippen molar-refractivity contribution in [2.45, 2.75) is 5.37 Å². The molecule has 0 radical (unpaired) electrons. The maximum atomic E-state index is 12.5. The van der Waals surface area contributed by atoms with Crippen molar-refractivity contribution in [2.75, 3.05) is 24.4 Å². The largest absolute Gasteiger partial charge is 0.493 e.